The van der Waals surface area contributed by atoms with Crippen LogP contribution in [-0.4, -0.2) is 12.5 Å². The van der Waals surface area contributed by atoms with Crippen LogP contribution in [0.1, 0.15) is 39.0 Å². The van der Waals surface area contributed by atoms with Gasteiger partial charge in [0.2, 0.25) is 0 Å². The third kappa shape index (κ3) is 4.19. The maximum atomic E-state index is 12.3. The van der Waals surface area contributed by atoms with E-state index in [4.69, 9.17) is 0 Å². The number of amides is 1. The Kier molecular flexibility index (Phi) is 5.15. The first-order valence-corrected chi connectivity index (χ1v) is 7.48. The molecule has 0 aliphatic rings. The van der Waals surface area contributed by atoms with Crippen molar-refractivity contribution >= 4 is 5.91 Å². The fraction of sp³-hybridized carbons (Fsp3) is 0.316. The number of hydrogen-bond donors (Lipinski definition) is 1. The molecule has 0 aliphatic heterocycles. The molecule has 21 heavy (non-hydrogen) atoms. The van der Waals surface area contributed by atoms with Crippen LogP contribution in [0.4, 0.5) is 0 Å². The van der Waals surface area contributed by atoms with E-state index in [1.54, 1.807) is 0 Å². The van der Waals surface area contributed by atoms with Gasteiger partial charge in [-0.15, -0.1) is 0 Å². The van der Waals surface area contributed by atoms with Gasteiger partial charge in [-0.1, -0.05) is 48.0 Å². The van der Waals surface area contributed by atoms with Gasteiger partial charge in [-0.2, -0.15) is 0 Å². The number of benzene rings is 2. The molecule has 2 nitrogen and oxygen atoms in total. The van der Waals surface area contributed by atoms with Gasteiger partial charge in [0.15, 0.2) is 0 Å². The molecule has 0 radical (unpaired) electrons. The average Bonchev–Trinajstić information content (AvgIpc) is 2.43. The summed E-state index contributed by atoms with van der Waals surface area (Å²) in [6, 6.07) is 14.5. The molecular weight excluding hydrogens is 258 g/mol. The second kappa shape index (κ2) is 7.07. The highest BCUT2D eigenvalue weighted by Gasteiger charge is 2.11. The van der Waals surface area contributed by atoms with Gasteiger partial charge in [0.1, 0.15) is 0 Å². The van der Waals surface area contributed by atoms with E-state index >= 15 is 0 Å². The van der Waals surface area contributed by atoms with Crippen LogP contribution in [0.15, 0.2) is 42.5 Å². The molecule has 0 fully saturated rings. The highest BCUT2D eigenvalue weighted by molar-refractivity contribution is 5.97. The fourth-order valence-electron chi connectivity index (χ4n) is 2.77. The van der Waals surface area contributed by atoms with Gasteiger partial charge in [0.25, 0.3) is 5.91 Å². The van der Waals surface area contributed by atoms with Crippen molar-refractivity contribution in [3.8, 4) is 0 Å². The number of hydrogen-bond acceptors (Lipinski definition) is 1. The Bertz CT molecular complexity index is 594. The standard InChI is InChI=1S/C19H23NO/c1-14-12-15(2)18(16(3)13-14)19(21)20-11-7-10-17-8-5-4-6-9-17/h4-6,8-9,12-13H,7,10-11H2,1-3H3,(H,20,21). The van der Waals surface area contributed by atoms with Crippen molar-refractivity contribution in [3.05, 3.63) is 70.3 Å². The summed E-state index contributed by atoms with van der Waals surface area (Å²) in [6.45, 7) is 6.76. The minimum absolute atomic E-state index is 0.0399. The lowest BCUT2D eigenvalue weighted by Gasteiger charge is -2.11. The van der Waals surface area contributed by atoms with Crippen LogP contribution in [0.3, 0.4) is 0 Å². The van der Waals surface area contributed by atoms with Gasteiger partial charge in [-0.05, 0) is 50.3 Å². The van der Waals surface area contributed by atoms with Crippen molar-refractivity contribution in [2.75, 3.05) is 6.54 Å². The van der Waals surface area contributed by atoms with Crippen LogP contribution in [-0.2, 0) is 6.42 Å². The predicted molar refractivity (Wildman–Crippen MR) is 87.7 cm³/mol. The van der Waals surface area contributed by atoms with Gasteiger partial charge < -0.3 is 5.32 Å². The van der Waals surface area contributed by atoms with Crippen LogP contribution in [0, 0.1) is 20.8 Å². The molecule has 0 spiro atoms. The second-order valence-corrected chi connectivity index (χ2v) is 5.62. The molecule has 0 atom stereocenters. The molecule has 1 amide bonds. The minimum Gasteiger partial charge on any atom is -0.352 e. The lowest BCUT2D eigenvalue weighted by molar-refractivity contribution is 0.0952. The lowest BCUT2D eigenvalue weighted by Crippen LogP contribution is -2.26. The Labute approximate surface area is 127 Å². The smallest absolute Gasteiger partial charge is 0.251 e. The second-order valence-electron chi connectivity index (χ2n) is 5.62. The predicted octanol–water partition coefficient (Wildman–Crippen LogP) is 3.97. The monoisotopic (exact) mass is 281 g/mol. The van der Waals surface area contributed by atoms with Crippen molar-refractivity contribution in [1.82, 2.24) is 5.32 Å². The van der Waals surface area contributed by atoms with Crippen LogP contribution in [0.5, 0.6) is 0 Å². The van der Waals surface area contributed by atoms with Crippen molar-refractivity contribution in [2.24, 2.45) is 0 Å². The Morgan fingerprint density at radius 2 is 1.62 bits per heavy atom. The number of aryl methyl sites for hydroxylation is 4. The summed E-state index contributed by atoms with van der Waals surface area (Å²) in [5.74, 6) is 0.0399. The van der Waals surface area contributed by atoms with E-state index < -0.39 is 0 Å². The summed E-state index contributed by atoms with van der Waals surface area (Å²) in [4.78, 5) is 12.3. The third-order valence-electron chi connectivity index (χ3n) is 3.67. The summed E-state index contributed by atoms with van der Waals surface area (Å²) in [5.41, 5.74) is 5.43. The van der Waals surface area contributed by atoms with E-state index in [0.29, 0.717) is 6.54 Å². The summed E-state index contributed by atoms with van der Waals surface area (Å²) in [7, 11) is 0. The van der Waals surface area contributed by atoms with Crippen molar-refractivity contribution in [3.63, 3.8) is 0 Å². The van der Waals surface area contributed by atoms with E-state index in [9.17, 15) is 4.79 Å². The Morgan fingerprint density at radius 3 is 2.24 bits per heavy atom. The zero-order valence-corrected chi connectivity index (χ0v) is 13.1. The van der Waals surface area contributed by atoms with E-state index in [1.807, 2.05) is 32.0 Å². The number of carbonyl (C=O) groups is 1. The van der Waals surface area contributed by atoms with E-state index in [2.05, 4.69) is 36.5 Å². The van der Waals surface area contributed by atoms with Gasteiger partial charge >= 0.3 is 0 Å². The van der Waals surface area contributed by atoms with Gasteiger partial charge in [-0.3, -0.25) is 4.79 Å². The summed E-state index contributed by atoms with van der Waals surface area (Å²) in [5, 5.41) is 3.03. The molecule has 0 aliphatic carbocycles. The summed E-state index contributed by atoms with van der Waals surface area (Å²) in [6.07, 6.45) is 1.95. The Hall–Kier alpha value is -2.09. The molecular formula is C19H23NO. The normalized spacial score (nSPS) is 10.4. The largest absolute Gasteiger partial charge is 0.352 e. The number of carbonyl (C=O) groups excluding carboxylic acids is 1. The molecule has 0 bridgehead atoms. The number of rotatable bonds is 5. The van der Waals surface area contributed by atoms with Crippen LogP contribution < -0.4 is 5.32 Å². The van der Waals surface area contributed by atoms with Crippen molar-refractivity contribution in [2.45, 2.75) is 33.6 Å². The highest BCUT2D eigenvalue weighted by atomic mass is 16.1. The number of nitrogens with one attached hydrogen (secondary N) is 1. The zero-order chi connectivity index (χ0) is 15.2. The van der Waals surface area contributed by atoms with E-state index in [1.165, 1.54) is 11.1 Å². The zero-order valence-electron chi connectivity index (χ0n) is 13.1. The van der Waals surface area contributed by atoms with Crippen molar-refractivity contribution < 1.29 is 4.79 Å². The average molecular weight is 281 g/mol. The van der Waals surface area contributed by atoms with Crippen LogP contribution in [0.2, 0.25) is 0 Å². The van der Waals surface area contributed by atoms with Crippen molar-refractivity contribution in [1.29, 1.82) is 0 Å². The topological polar surface area (TPSA) is 29.1 Å². The maximum absolute atomic E-state index is 12.3. The first-order chi connectivity index (χ1) is 10.1. The molecule has 2 aromatic carbocycles. The van der Waals surface area contributed by atoms with Gasteiger partial charge in [0.05, 0.1) is 0 Å². The van der Waals surface area contributed by atoms with Crippen LogP contribution >= 0.6 is 0 Å². The maximum Gasteiger partial charge on any atom is 0.251 e. The molecule has 0 heterocycles. The molecule has 1 N–H and O–H groups in total. The molecule has 0 saturated heterocycles. The molecule has 2 aromatic rings. The van der Waals surface area contributed by atoms with Gasteiger partial charge in [-0.25, -0.2) is 0 Å². The molecule has 0 unspecified atom stereocenters. The van der Waals surface area contributed by atoms with Crippen LogP contribution in [0.25, 0.3) is 0 Å². The SMILES string of the molecule is Cc1cc(C)c(C(=O)NCCCc2ccccc2)c(C)c1. The molecule has 2 rings (SSSR count). The lowest BCUT2D eigenvalue weighted by atomic mass is 9.99. The molecule has 0 saturated carbocycles. The van der Waals surface area contributed by atoms with E-state index in [0.717, 1.165) is 29.5 Å². The minimum atomic E-state index is 0.0399. The third-order valence-corrected chi connectivity index (χ3v) is 3.67. The first-order valence-electron chi connectivity index (χ1n) is 7.48. The fourth-order valence-corrected chi connectivity index (χ4v) is 2.77. The highest BCUT2D eigenvalue weighted by Crippen LogP contribution is 2.16. The Morgan fingerprint density at radius 1 is 1.00 bits per heavy atom. The first kappa shape index (κ1) is 15.3. The van der Waals surface area contributed by atoms with E-state index in [-0.39, 0.29) is 5.91 Å². The summed E-state index contributed by atoms with van der Waals surface area (Å²) < 4.78 is 0. The summed E-state index contributed by atoms with van der Waals surface area (Å²) >= 11 is 0. The van der Waals surface area contributed by atoms with Gasteiger partial charge in [0, 0.05) is 12.1 Å². The molecule has 110 valence electrons. The molecule has 0 aromatic heterocycles. The quantitative estimate of drug-likeness (QED) is 0.825. The Balaban J connectivity index is 1.88. The molecule has 2 heteroatoms.